The summed E-state index contributed by atoms with van der Waals surface area (Å²) >= 11 is 1.75. The molecule has 0 atom stereocenters. The fraction of sp³-hybridized carbons (Fsp3) is 0.688. The Morgan fingerprint density at radius 1 is 1.40 bits per heavy atom. The van der Waals surface area contributed by atoms with Crippen LogP contribution in [0.25, 0.3) is 0 Å². The van der Waals surface area contributed by atoms with Crippen LogP contribution in [0, 0.1) is 5.41 Å². The summed E-state index contributed by atoms with van der Waals surface area (Å²) in [5, 5.41) is 5.25. The SMILES string of the molecule is CC(C)(CNC(=O)C1(CN)CCCCC1)c1cccs1. The summed E-state index contributed by atoms with van der Waals surface area (Å²) in [7, 11) is 0. The molecule has 0 aromatic carbocycles. The molecule has 1 fully saturated rings. The van der Waals surface area contributed by atoms with Crippen molar-refractivity contribution in [2.75, 3.05) is 13.1 Å². The van der Waals surface area contributed by atoms with Crippen LogP contribution in [-0.4, -0.2) is 19.0 Å². The van der Waals surface area contributed by atoms with E-state index in [1.807, 2.05) is 0 Å². The van der Waals surface area contributed by atoms with Gasteiger partial charge < -0.3 is 11.1 Å². The van der Waals surface area contributed by atoms with Crippen molar-refractivity contribution in [1.82, 2.24) is 5.32 Å². The smallest absolute Gasteiger partial charge is 0.227 e. The lowest BCUT2D eigenvalue weighted by molar-refractivity contribution is -0.132. The fourth-order valence-electron chi connectivity index (χ4n) is 2.99. The Bertz CT molecular complexity index is 433. The van der Waals surface area contributed by atoms with Crippen molar-refractivity contribution in [3.8, 4) is 0 Å². The number of thiophene rings is 1. The number of hydrogen-bond acceptors (Lipinski definition) is 3. The van der Waals surface area contributed by atoms with Gasteiger partial charge in [-0.1, -0.05) is 39.2 Å². The summed E-state index contributed by atoms with van der Waals surface area (Å²) in [6.07, 6.45) is 5.36. The van der Waals surface area contributed by atoms with E-state index in [1.165, 1.54) is 11.3 Å². The maximum atomic E-state index is 12.6. The highest BCUT2D eigenvalue weighted by molar-refractivity contribution is 7.10. The number of rotatable bonds is 5. The maximum Gasteiger partial charge on any atom is 0.227 e. The second kappa shape index (κ2) is 6.27. The molecule has 0 saturated heterocycles. The van der Waals surface area contributed by atoms with Crippen LogP contribution in [0.1, 0.15) is 50.8 Å². The predicted molar refractivity (Wildman–Crippen MR) is 84.9 cm³/mol. The average Bonchev–Trinajstić information content (AvgIpc) is 3.00. The molecule has 3 N–H and O–H groups in total. The summed E-state index contributed by atoms with van der Waals surface area (Å²) in [6.45, 7) is 5.50. The maximum absolute atomic E-state index is 12.6. The number of amides is 1. The van der Waals surface area contributed by atoms with Crippen molar-refractivity contribution >= 4 is 17.2 Å². The first-order chi connectivity index (χ1) is 9.50. The van der Waals surface area contributed by atoms with Gasteiger partial charge in [0.2, 0.25) is 5.91 Å². The van der Waals surface area contributed by atoms with E-state index in [0.717, 1.165) is 25.7 Å². The fourth-order valence-corrected chi connectivity index (χ4v) is 3.84. The Balaban J connectivity index is 1.97. The van der Waals surface area contributed by atoms with E-state index in [4.69, 9.17) is 5.73 Å². The number of nitrogens with one attached hydrogen (secondary N) is 1. The number of carbonyl (C=O) groups is 1. The molecule has 0 bridgehead atoms. The van der Waals surface area contributed by atoms with Gasteiger partial charge >= 0.3 is 0 Å². The van der Waals surface area contributed by atoms with E-state index in [0.29, 0.717) is 13.1 Å². The van der Waals surface area contributed by atoms with Crippen molar-refractivity contribution in [1.29, 1.82) is 0 Å². The first-order valence-electron chi connectivity index (χ1n) is 7.53. The third-order valence-electron chi connectivity index (χ3n) is 4.56. The predicted octanol–water partition coefficient (Wildman–Crippen LogP) is 3.05. The van der Waals surface area contributed by atoms with E-state index < -0.39 is 0 Å². The third-order valence-corrected chi connectivity index (χ3v) is 5.80. The van der Waals surface area contributed by atoms with Crippen LogP contribution in [0.3, 0.4) is 0 Å². The molecule has 2 rings (SSSR count). The zero-order chi connectivity index (χ0) is 14.6. The van der Waals surface area contributed by atoms with E-state index in [-0.39, 0.29) is 16.7 Å². The van der Waals surface area contributed by atoms with Crippen LogP contribution in [-0.2, 0) is 10.2 Å². The first-order valence-corrected chi connectivity index (χ1v) is 8.40. The van der Waals surface area contributed by atoms with Gasteiger partial charge in [-0.05, 0) is 24.3 Å². The second-order valence-electron chi connectivity index (χ2n) is 6.59. The van der Waals surface area contributed by atoms with Gasteiger partial charge in [0, 0.05) is 23.4 Å². The summed E-state index contributed by atoms with van der Waals surface area (Å²) in [4.78, 5) is 13.9. The van der Waals surface area contributed by atoms with Gasteiger partial charge in [-0.25, -0.2) is 0 Å². The van der Waals surface area contributed by atoms with Gasteiger partial charge in [0.1, 0.15) is 0 Å². The standard InChI is InChI=1S/C16H26N2OS/c1-15(2,13-7-6-10-20-13)12-18-14(19)16(11-17)8-4-3-5-9-16/h6-7,10H,3-5,8-9,11-12,17H2,1-2H3,(H,18,19). The Hall–Kier alpha value is -0.870. The highest BCUT2D eigenvalue weighted by atomic mass is 32.1. The summed E-state index contributed by atoms with van der Waals surface area (Å²) in [5.74, 6) is 0.157. The normalized spacial score (nSPS) is 18.8. The number of carbonyl (C=O) groups excluding carboxylic acids is 1. The third kappa shape index (κ3) is 3.23. The molecule has 0 radical (unpaired) electrons. The minimum Gasteiger partial charge on any atom is -0.355 e. The molecule has 0 aliphatic heterocycles. The highest BCUT2D eigenvalue weighted by Gasteiger charge is 2.38. The molecule has 3 nitrogen and oxygen atoms in total. The molecule has 4 heteroatoms. The van der Waals surface area contributed by atoms with Gasteiger partial charge in [-0.15, -0.1) is 11.3 Å². The molecule has 1 heterocycles. The van der Waals surface area contributed by atoms with Gasteiger partial charge in [0.25, 0.3) is 0 Å². The van der Waals surface area contributed by atoms with Crippen molar-refractivity contribution in [3.05, 3.63) is 22.4 Å². The van der Waals surface area contributed by atoms with E-state index >= 15 is 0 Å². The highest BCUT2D eigenvalue weighted by Crippen LogP contribution is 2.36. The molecular weight excluding hydrogens is 268 g/mol. The van der Waals surface area contributed by atoms with Crippen LogP contribution in [0.2, 0.25) is 0 Å². The molecule has 1 aromatic heterocycles. The van der Waals surface area contributed by atoms with Crippen LogP contribution in [0.5, 0.6) is 0 Å². The molecule has 112 valence electrons. The largest absolute Gasteiger partial charge is 0.355 e. The van der Waals surface area contributed by atoms with Gasteiger partial charge in [-0.2, -0.15) is 0 Å². The van der Waals surface area contributed by atoms with E-state index in [9.17, 15) is 4.79 Å². The van der Waals surface area contributed by atoms with E-state index in [2.05, 4.69) is 36.7 Å². The lowest BCUT2D eigenvalue weighted by Crippen LogP contribution is -2.49. The number of hydrogen-bond donors (Lipinski definition) is 2. The van der Waals surface area contributed by atoms with Crippen LogP contribution >= 0.6 is 11.3 Å². The monoisotopic (exact) mass is 294 g/mol. The lowest BCUT2D eigenvalue weighted by Gasteiger charge is -2.36. The lowest BCUT2D eigenvalue weighted by atomic mass is 9.73. The summed E-state index contributed by atoms with van der Waals surface area (Å²) in [6, 6.07) is 4.20. The van der Waals surface area contributed by atoms with Crippen LogP contribution in [0.15, 0.2) is 17.5 Å². The van der Waals surface area contributed by atoms with Crippen LogP contribution in [0.4, 0.5) is 0 Å². The van der Waals surface area contributed by atoms with Crippen molar-refractivity contribution in [2.24, 2.45) is 11.1 Å². The minimum atomic E-state index is -0.316. The van der Waals surface area contributed by atoms with Crippen LogP contribution < -0.4 is 11.1 Å². The second-order valence-corrected chi connectivity index (χ2v) is 7.54. The molecule has 1 amide bonds. The summed E-state index contributed by atoms with van der Waals surface area (Å²) in [5.41, 5.74) is 5.58. The topological polar surface area (TPSA) is 55.1 Å². The Morgan fingerprint density at radius 3 is 2.65 bits per heavy atom. The van der Waals surface area contributed by atoms with Crippen molar-refractivity contribution in [2.45, 2.75) is 51.4 Å². The molecule has 20 heavy (non-hydrogen) atoms. The van der Waals surface area contributed by atoms with E-state index in [1.54, 1.807) is 11.3 Å². The summed E-state index contributed by atoms with van der Waals surface area (Å²) < 4.78 is 0. The molecule has 0 spiro atoms. The van der Waals surface area contributed by atoms with Crippen molar-refractivity contribution in [3.63, 3.8) is 0 Å². The number of nitrogens with two attached hydrogens (primary N) is 1. The zero-order valence-corrected chi connectivity index (χ0v) is 13.4. The van der Waals surface area contributed by atoms with Gasteiger partial charge in [0.15, 0.2) is 0 Å². The quantitative estimate of drug-likeness (QED) is 0.877. The first kappa shape index (κ1) is 15.5. The molecule has 0 unspecified atom stereocenters. The van der Waals surface area contributed by atoms with Gasteiger partial charge in [0.05, 0.1) is 5.41 Å². The average molecular weight is 294 g/mol. The molecule has 1 aliphatic carbocycles. The Morgan fingerprint density at radius 2 is 2.10 bits per heavy atom. The molecule has 1 aliphatic rings. The Kier molecular flexibility index (Phi) is 4.86. The molecule has 1 saturated carbocycles. The minimum absolute atomic E-state index is 0.0196. The zero-order valence-electron chi connectivity index (χ0n) is 12.6. The molecule has 1 aromatic rings. The van der Waals surface area contributed by atoms with Gasteiger partial charge in [-0.3, -0.25) is 4.79 Å². The Labute approximate surface area is 125 Å². The van der Waals surface area contributed by atoms with Crippen molar-refractivity contribution < 1.29 is 4.79 Å². The molecular formula is C16H26N2OS.